The van der Waals surface area contributed by atoms with Gasteiger partial charge in [-0.3, -0.25) is 0 Å². The van der Waals surface area contributed by atoms with Crippen molar-refractivity contribution in [2.45, 2.75) is 30.6 Å². The number of nitrogens with one attached hydrogen (secondary N) is 1. The molecule has 0 atom stereocenters. The summed E-state index contributed by atoms with van der Waals surface area (Å²) in [5.74, 6) is -1.52. The number of rotatable bonds is 11. The number of carbonyl (C=O) groups excluding carboxylic acids is 1. The number of ether oxygens (including phenoxy) is 1. The van der Waals surface area contributed by atoms with Gasteiger partial charge in [-0.1, -0.05) is 13.8 Å². The first-order valence-corrected chi connectivity index (χ1v) is 13.0. The number of carboxylic acid groups (broad SMARTS) is 1. The fraction of sp³-hybridized carbons (Fsp3) is 0.350. The Morgan fingerprint density at radius 3 is 2.08 bits per heavy atom. The van der Waals surface area contributed by atoms with Crippen molar-refractivity contribution in [3.05, 3.63) is 42.0 Å². The minimum absolute atomic E-state index is 0. The molecule has 0 saturated heterocycles. The molecule has 0 saturated carbocycles. The molecule has 2 aromatic rings. The quantitative estimate of drug-likeness (QED) is 0.0932. The third kappa shape index (κ3) is 8.21. The first-order valence-electron chi connectivity index (χ1n) is 10.1. The van der Waals surface area contributed by atoms with Gasteiger partial charge in [-0.2, -0.15) is 4.31 Å². The maximum Gasteiger partial charge on any atom is 1.00 e. The van der Waals surface area contributed by atoms with Crippen molar-refractivity contribution in [1.82, 2.24) is 4.31 Å². The van der Waals surface area contributed by atoms with E-state index in [-0.39, 0.29) is 101 Å². The molecule has 2 rings (SSSR count). The van der Waals surface area contributed by atoms with Crippen LogP contribution in [-0.4, -0.2) is 63.2 Å². The van der Waals surface area contributed by atoms with Crippen LogP contribution in [0.1, 0.15) is 31.1 Å². The molecule has 0 aliphatic carbocycles. The topological polar surface area (TPSA) is 171 Å². The Balaban J connectivity index is 0.00000612. The summed E-state index contributed by atoms with van der Waals surface area (Å²) in [5, 5.41) is 15.8. The zero-order valence-corrected chi connectivity index (χ0v) is 26.6. The molecule has 12 nitrogen and oxygen atoms in total. The summed E-state index contributed by atoms with van der Waals surface area (Å²) >= 11 is 0. The third-order valence-corrected chi connectivity index (χ3v) is 7.61. The molecule has 186 valence electrons. The number of hydrazine groups is 1. The summed E-state index contributed by atoms with van der Waals surface area (Å²) in [6.07, 6.45) is 0. The number of benzene rings is 2. The van der Waals surface area contributed by atoms with E-state index in [0.29, 0.717) is 6.07 Å². The SMILES string of the molecule is CCN=[N+](Nc1cc(S(=O)(=O)N(CC)CC)ccc1OC)c1ccc(S(=O)(=O)[O-])cc1C(=O)[O-].[Na+].[Na+]. The van der Waals surface area contributed by atoms with E-state index in [2.05, 4.69) is 10.5 Å². The van der Waals surface area contributed by atoms with Gasteiger partial charge >= 0.3 is 59.1 Å². The van der Waals surface area contributed by atoms with E-state index in [9.17, 15) is 31.3 Å². The minimum Gasteiger partial charge on any atom is -0.744 e. The smallest absolute Gasteiger partial charge is 0.744 e. The number of hydrogen-bond acceptors (Lipinski definition) is 9. The molecule has 2 aromatic carbocycles. The van der Waals surface area contributed by atoms with Gasteiger partial charge in [-0.25, -0.2) is 16.8 Å². The van der Waals surface area contributed by atoms with Crippen molar-refractivity contribution in [3.63, 3.8) is 0 Å². The van der Waals surface area contributed by atoms with Gasteiger partial charge in [-0.05, 0) is 42.4 Å². The number of aromatic carboxylic acids is 1. The van der Waals surface area contributed by atoms with E-state index in [0.717, 1.165) is 16.9 Å². The third-order valence-electron chi connectivity index (χ3n) is 4.73. The summed E-state index contributed by atoms with van der Waals surface area (Å²) in [6.45, 7) is 5.74. The molecule has 0 unspecified atom stereocenters. The Bertz CT molecular complexity index is 1310. The molecule has 0 aliphatic rings. The zero-order chi connectivity index (χ0) is 25.7. The van der Waals surface area contributed by atoms with Gasteiger partial charge in [-0.15, -0.1) is 5.43 Å². The van der Waals surface area contributed by atoms with Gasteiger partial charge in [0.25, 0.3) is 5.69 Å². The van der Waals surface area contributed by atoms with Crippen LogP contribution < -0.4 is 74.4 Å². The second-order valence-corrected chi connectivity index (χ2v) is 10.1. The van der Waals surface area contributed by atoms with Crippen molar-refractivity contribution in [2.75, 3.05) is 32.2 Å². The molecule has 0 amide bonds. The number of anilines is 1. The van der Waals surface area contributed by atoms with E-state index in [1.54, 1.807) is 20.8 Å². The van der Waals surface area contributed by atoms with Crippen LogP contribution in [0.25, 0.3) is 0 Å². The van der Waals surface area contributed by atoms with E-state index >= 15 is 0 Å². The van der Waals surface area contributed by atoms with Crippen LogP contribution in [0.4, 0.5) is 11.4 Å². The monoisotopic (exact) mass is 559 g/mol. The second-order valence-electron chi connectivity index (χ2n) is 6.75. The number of methoxy groups -OCH3 is 1. The largest absolute Gasteiger partial charge is 1.00 e. The molecule has 0 aromatic heterocycles. The predicted octanol–water partition coefficient (Wildman–Crippen LogP) is -4.86. The number of sulfonamides is 1. The average Bonchev–Trinajstić information content (AvgIpc) is 2.78. The van der Waals surface area contributed by atoms with Crippen molar-refractivity contribution in [3.8, 4) is 5.75 Å². The van der Waals surface area contributed by atoms with Crippen LogP contribution >= 0.6 is 0 Å². The van der Waals surface area contributed by atoms with Crippen molar-refractivity contribution < 1.29 is 99.9 Å². The zero-order valence-electron chi connectivity index (χ0n) is 21.0. The summed E-state index contributed by atoms with van der Waals surface area (Å²) in [5.41, 5.74) is 2.17. The molecule has 0 spiro atoms. The normalized spacial score (nSPS) is 11.9. The summed E-state index contributed by atoms with van der Waals surface area (Å²) in [4.78, 5) is 11.9. The molecule has 0 aliphatic heterocycles. The fourth-order valence-electron chi connectivity index (χ4n) is 3.09. The predicted molar refractivity (Wildman–Crippen MR) is 118 cm³/mol. The standard InChI is InChI=1S/C20H26N4O8S2.2Na/c1-5-21-24(18-10-8-15(34(29,30)31)12-16(18)20(25)26)22-17-13-14(9-11-19(17)32-4)33(27,28)23(6-2)7-3;;/h8-13H,5-7H2,1-4H3,(H2-,21,22,25,26,29,30,31);;/q;2*+1/p-1. The molecule has 0 bridgehead atoms. The van der Waals surface area contributed by atoms with Crippen LogP contribution in [0, 0.1) is 0 Å². The van der Waals surface area contributed by atoms with Crippen molar-refractivity contribution >= 4 is 37.5 Å². The summed E-state index contributed by atoms with van der Waals surface area (Å²) in [7, 11) is -7.38. The van der Waals surface area contributed by atoms with Crippen LogP contribution in [-0.2, 0) is 20.1 Å². The van der Waals surface area contributed by atoms with E-state index in [1.165, 1.54) is 29.6 Å². The van der Waals surface area contributed by atoms with Gasteiger partial charge in [0.1, 0.15) is 28.1 Å². The Labute approximate surface area is 255 Å². The molecule has 36 heavy (non-hydrogen) atoms. The van der Waals surface area contributed by atoms with Crippen LogP contribution in [0.5, 0.6) is 5.75 Å². The first kappa shape index (κ1) is 34.9. The number of carbonyl (C=O) groups is 1. The summed E-state index contributed by atoms with van der Waals surface area (Å²) < 4.78 is 66.4. The Morgan fingerprint density at radius 1 is 1.03 bits per heavy atom. The van der Waals surface area contributed by atoms with Gasteiger partial charge in [0.15, 0.2) is 0 Å². The molecular formula is C20H25N4Na2O8S2+. The Hall–Kier alpha value is -1.07. The maximum atomic E-state index is 13.0. The molecule has 0 heterocycles. The van der Waals surface area contributed by atoms with Crippen LogP contribution in [0.2, 0.25) is 0 Å². The van der Waals surface area contributed by atoms with Gasteiger partial charge in [0, 0.05) is 24.0 Å². The number of nitrogens with zero attached hydrogens (tertiary/aromatic N) is 3. The van der Waals surface area contributed by atoms with Gasteiger partial charge in [0.05, 0.1) is 28.4 Å². The van der Waals surface area contributed by atoms with Gasteiger partial charge in [0.2, 0.25) is 10.0 Å². The van der Waals surface area contributed by atoms with Crippen LogP contribution in [0.3, 0.4) is 0 Å². The fourth-order valence-corrected chi connectivity index (χ4v) is 5.08. The van der Waals surface area contributed by atoms with Crippen molar-refractivity contribution in [1.29, 1.82) is 0 Å². The first-order chi connectivity index (χ1) is 15.9. The number of azo groups is 1. The average molecular weight is 560 g/mol. The molecule has 0 fully saturated rings. The molecule has 0 radical (unpaired) electrons. The van der Waals surface area contributed by atoms with Crippen LogP contribution in [0.15, 0.2) is 51.3 Å². The molecular weight excluding hydrogens is 534 g/mol. The second kappa shape index (κ2) is 14.8. The Morgan fingerprint density at radius 2 is 1.61 bits per heavy atom. The number of hydrogen-bond donors (Lipinski definition) is 1. The minimum atomic E-state index is -4.92. The maximum absolute atomic E-state index is 13.0. The Kier molecular flexibility index (Phi) is 14.3. The molecule has 16 heteroatoms. The van der Waals surface area contributed by atoms with E-state index in [1.807, 2.05) is 0 Å². The molecule has 1 N–H and O–H groups in total. The van der Waals surface area contributed by atoms with E-state index in [4.69, 9.17) is 4.74 Å². The van der Waals surface area contributed by atoms with Crippen molar-refractivity contribution in [2.24, 2.45) is 5.11 Å². The van der Waals surface area contributed by atoms with Gasteiger partial charge < -0.3 is 19.2 Å². The summed E-state index contributed by atoms with van der Waals surface area (Å²) in [6, 6.07) is 6.79. The number of carboxylic acids is 1. The van der Waals surface area contributed by atoms with E-state index < -0.39 is 36.6 Å².